The largest absolute Gasteiger partial charge is 0.381 e. The van der Waals surface area contributed by atoms with Crippen LogP contribution in [-0.2, 0) is 0 Å². The van der Waals surface area contributed by atoms with Gasteiger partial charge in [0.15, 0.2) is 11.5 Å². The number of carbonyl (C=O) groups is 1. The van der Waals surface area contributed by atoms with Gasteiger partial charge in [0, 0.05) is 28.9 Å². The number of halogens is 1. The maximum atomic E-state index is 13.2. The molecule has 5 aromatic rings. The van der Waals surface area contributed by atoms with Crippen LogP contribution in [0.3, 0.4) is 0 Å². The zero-order valence-electron chi connectivity index (χ0n) is 17.2. The van der Waals surface area contributed by atoms with Gasteiger partial charge in [-0.3, -0.25) is 4.79 Å². The Morgan fingerprint density at radius 1 is 1.12 bits per heavy atom. The molecule has 3 aromatic heterocycles. The minimum absolute atomic E-state index is 0.125. The van der Waals surface area contributed by atoms with Crippen LogP contribution in [0.5, 0.6) is 0 Å². The molecule has 0 aliphatic heterocycles. The third-order valence-corrected chi connectivity index (χ3v) is 5.64. The molecule has 0 radical (unpaired) electrons. The highest BCUT2D eigenvalue weighted by atomic mass is 35.5. The van der Waals surface area contributed by atoms with Crippen LogP contribution in [0, 0.1) is 0 Å². The number of hydrogen-bond donors (Lipinski definition) is 2. The molecule has 0 spiro atoms. The molecule has 1 atom stereocenters. The summed E-state index contributed by atoms with van der Waals surface area (Å²) in [5.41, 5.74) is 9.94. The molecule has 7 nitrogen and oxygen atoms in total. The second-order valence-electron chi connectivity index (χ2n) is 7.45. The van der Waals surface area contributed by atoms with Crippen molar-refractivity contribution in [2.24, 2.45) is 0 Å². The molecule has 0 aliphatic rings. The Balaban J connectivity index is 1.59. The normalized spacial score (nSPS) is 12.2. The Morgan fingerprint density at radius 2 is 1.94 bits per heavy atom. The maximum Gasteiger partial charge on any atom is 0.259 e. The standard InChI is InChI=1S/C24H19ClN6O/c1-14(28-24(32)19-22(26)30-31-12-6-11-27-23(19)31)17-13-16-9-5-10-18(25)21(16)29-20(17)15-7-3-2-4-8-15/h2-14H,1H3,(H2,26,30)(H,28,32). The van der Waals surface area contributed by atoms with Gasteiger partial charge in [0.25, 0.3) is 5.91 Å². The van der Waals surface area contributed by atoms with Gasteiger partial charge in [-0.2, -0.15) is 0 Å². The summed E-state index contributed by atoms with van der Waals surface area (Å²) >= 11 is 6.41. The molecule has 5 rings (SSSR count). The first-order chi connectivity index (χ1) is 15.5. The Labute approximate surface area is 188 Å². The highest BCUT2D eigenvalue weighted by molar-refractivity contribution is 6.35. The van der Waals surface area contributed by atoms with Crippen molar-refractivity contribution in [3.05, 3.63) is 89.2 Å². The summed E-state index contributed by atoms with van der Waals surface area (Å²) in [6.45, 7) is 1.91. The molecular weight excluding hydrogens is 424 g/mol. The number of benzene rings is 2. The van der Waals surface area contributed by atoms with E-state index in [1.165, 1.54) is 4.52 Å². The van der Waals surface area contributed by atoms with Crippen LogP contribution in [0.2, 0.25) is 5.02 Å². The number of nitrogens with two attached hydrogens (primary N) is 1. The number of amides is 1. The van der Waals surface area contributed by atoms with Gasteiger partial charge in [-0.25, -0.2) is 14.5 Å². The second kappa shape index (κ2) is 7.94. The van der Waals surface area contributed by atoms with Gasteiger partial charge in [0.1, 0.15) is 5.56 Å². The molecule has 2 aromatic carbocycles. The molecular formula is C24H19ClN6O. The van der Waals surface area contributed by atoms with E-state index in [0.717, 1.165) is 22.2 Å². The predicted octanol–water partition coefficient (Wildman–Crippen LogP) is 4.67. The average molecular weight is 443 g/mol. The SMILES string of the molecule is CC(NC(=O)c1c(N)nn2cccnc12)c1cc2cccc(Cl)c2nc1-c1ccccc1. The topological polar surface area (TPSA) is 98.2 Å². The lowest BCUT2D eigenvalue weighted by molar-refractivity contribution is 0.0942. The molecule has 32 heavy (non-hydrogen) atoms. The summed E-state index contributed by atoms with van der Waals surface area (Å²) in [7, 11) is 0. The van der Waals surface area contributed by atoms with E-state index < -0.39 is 0 Å². The minimum atomic E-state index is -0.369. The fraction of sp³-hybridized carbons (Fsp3) is 0.0833. The van der Waals surface area contributed by atoms with Gasteiger partial charge in [-0.05, 0) is 25.1 Å². The van der Waals surface area contributed by atoms with Crippen molar-refractivity contribution in [3.8, 4) is 11.3 Å². The highest BCUT2D eigenvalue weighted by Crippen LogP contribution is 2.32. The Bertz CT molecular complexity index is 1460. The van der Waals surface area contributed by atoms with E-state index in [2.05, 4.69) is 15.4 Å². The molecule has 8 heteroatoms. The van der Waals surface area contributed by atoms with Crippen LogP contribution in [0.15, 0.2) is 73.1 Å². The van der Waals surface area contributed by atoms with Crippen molar-refractivity contribution in [2.75, 3.05) is 5.73 Å². The zero-order valence-corrected chi connectivity index (χ0v) is 17.9. The fourth-order valence-electron chi connectivity index (χ4n) is 3.80. The van der Waals surface area contributed by atoms with Crippen LogP contribution < -0.4 is 11.1 Å². The number of fused-ring (bicyclic) bond motifs is 2. The van der Waals surface area contributed by atoms with Crippen LogP contribution >= 0.6 is 11.6 Å². The van der Waals surface area contributed by atoms with E-state index >= 15 is 0 Å². The number of para-hydroxylation sites is 1. The summed E-state index contributed by atoms with van der Waals surface area (Å²) in [5, 5.41) is 8.68. The lowest BCUT2D eigenvalue weighted by Crippen LogP contribution is -2.28. The molecule has 0 saturated carbocycles. The molecule has 158 valence electrons. The molecule has 0 bridgehead atoms. The average Bonchev–Trinajstić information content (AvgIpc) is 3.15. The van der Waals surface area contributed by atoms with E-state index in [-0.39, 0.29) is 23.3 Å². The Hall–Kier alpha value is -3.97. The van der Waals surface area contributed by atoms with Crippen molar-refractivity contribution in [1.29, 1.82) is 0 Å². The summed E-state index contributed by atoms with van der Waals surface area (Å²) in [6.07, 6.45) is 3.30. The van der Waals surface area contributed by atoms with Gasteiger partial charge in [-0.1, -0.05) is 54.1 Å². The van der Waals surface area contributed by atoms with Crippen LogP contribution in [0.1, 0.15) is 28.9 Å². The number of carbonyl (C=O) groups excluding carboxylic acids is 1. The lowest BCUT2D eigenvalue weighted by atomic mass is 9.98. The van der Waals surface area contributed by atoms with Gasteiger partial charge in [-0.15, -0.1) is 5.10 Å². The summed E-state index contributed by atoms with van der Waals surface area (Å²) in [6, 6.07) is 18.8. The summed E-state index contributed by atoms with van der Waals surface area (Å²) in [5.74, 6) is -0.228. The molecule has 1 amide bonds. The van der Waals surface area contributed by atoms with E-state index in [1.54, 1.807) is 18.5 Å². The molecule has 0 fully saturated rings. The number of anilines is 1. The first-order valence-corrected chi connectivity index (χ1v) is 10.4. The fourth-order valence-corrected chi connectivity index (χ4v) is 4.03. The van der Waals surface area contributed by atoms with Gasteiger partial charge < -0.3 is 11.1 Å². The van der Waals surface area contributed by atoms with Crippen LogP contribution in [-0.4, -0.2) is 25.5 Å². The third kappa shape index (κ3) is 3.42. The smallest absolute Gasteiger partial charge is 0.259 e. The van der Waals surface area contributed by atoms with Crippen LogP contribution in [0.4, 0.5) is 5.82 Å². The number of nitrogens with one attached hydrogen (secondary N) is 1. The van der Waals surface area contributed by atoms with Gasteiger partial charge >= 0.3 is 0 Å². The van der Waals surface area contributed by atoms with Crippen molar-refractivity contribution in [1.82, 2.24) is 24.9 Å². The van der Waals surface area contributed by atoms with Gasteiger partial charge in [0.2, 0.25) is 0 Å². The molecule has 1 unspecified atom stereocenters. The minimum Gasteiger partial charge on any atom is -0.381 e. The third-order valence-electron chi connectivity index (χ3n) is 5.34. The first-order valence-electron chi connectivity index (χ1n) is 10.1. The van der Waals surface area contributed by atoms with Crippen LogP contribution in [0.25, 0.3) is 27.8 Å². The summed E-state index contributed by atoms with van der Waals surface area (Å²) < 4.78 is 1.49. The van der Waals surface area contributed by atoms with Crippen molar-refractivity contribution in [2.45, 2.75) is 13.0 Å². The first kappa shape index (κ1) is 20.0. The van der Waals surface area contributed by atoms with Gasteiger partial charge in [0.05, 0.1) is 22.3 Å². The van der Waals surface area contributed by atoms with E-state index in [0.29, 0.717) is 16.2 Å². The lowest BCUT2D eigenvalue weighted by Gasteiger charge is -2.19. The van der Waals surface area contributed by atoms with Crippen molar-refractivity contribution < 1.29 is 4.79 Å². The Kier molecular flexibility index (Phi) is 4.95. The van der Waals surface area contributed by atoms with Crippen molar-refractivity contribution in [3.63, 3.8) is 0 Å². The molecule has 0 aliphatic carbocycles. The number of nitrogen functional groups attached to an aromatic ring is 1. The number of pyridine rings is 1. The zero-order chi connectivity index (χ0) is 22.2. The molecule has 0 saturated heterocycles. The molecule has 3 heterocycles. The summed E-state index contributed by atoms with van der Waals surface area (Å²) in [4.78, 5) is 22.3. The number of aromatic nitrogens is 4. The number of nitrogens with zero attached hydrogens (tertiary/aromatic N) is 4. The van der Waals surface area contributed by atoms with E-state index in [4.69, 9.17) is 22.3 Å². The second-order valence-corrected chi connectivity index (χ2v) is 7.85. The van der Waals surface area contributed by atoms with Crippen molar-refractivity contribution >= 4 is 39.9 Å². The highest BCUT2D eigenvalue weighted by Gasteiger charge is 2.23. The number of rotatable bonds is 4. The van der Waals surface area contributed by atoms with E-state index in [9.17, 15) is 4.79 Å². The quantitative estimate of drug-likeness (QED) is 0.421. The Morgan fingerprint density at radius 3 is 2.75 bits per heavy atom. The monoisotopic (exact) mass is 442 g/mol. The molecule has 3 N–H and O–H groups in total. The predicted molar refractivity (Wildman–Crippen MR) is 125 cm³/mol. The maximum absolute atomic E-state index is 13.2. The van der Waals surface area contributed by atoms with E-state index in [1.807, 2.05) is 61.5 Å². The number of hydrogen-bond acceptors (Lipinski definition) is 5.